The molecule has 1 fully saturated rings. The molecule has 1 saturated heterocycles. The van der Waals surface area contributed by atoms with E-state index in [0.717, 1.165) is 28.1 Å². The second-order valence-electron chi connectivity index (χ2n) is 6.83. The number of aliphatic carboxylic acids is 1. The van der Waals surface area contributed by atoms with Crippen LogP contribution < -0.4 is 5.11 Å². The molecule has 0 N–H and O–H groups in total. The smallest absolute Gasteiger partial charge is 0.232 e. The van der Waals surface area contributed by atoms with Crippen molar-refractivity contribution in [1.82, 2.24) is 14.9 Å². The van der Waals surface area contributed by atoms with Crippen LogP contribution in [-0.4, -0.2) is 45.6 Å². The number of nitrogens with zero attached hydrogens (tertiary/aromatic N) is 3. The third-order valence-electron chi connectivity index (χ3n) is 5.23. The Bertz CT molecular complexity index is 844. The van der Waals surface area contributed by atoms with Gasteiger partial charge in [-0.25, -0.2) is 9.97 Å². The Morgan fingerprint density at radius 2 is 2.00 bits per heavy atom. The molecule has 8 heteroatoms. The van der Waals surface area contributed by atoms with E-state index in [1.807, 2.05) is 0 Å². The van der Waals surface area contributed by atoms with E-state index in [9.17, 15) is 14.7 Å². The Hall–Kier alpha value is -1.67. The third-order valence-corrected chi connectivity index (χ3v) is 7.40. The molecule has 4 rings (SSSR count). The predicted molar refractivity (Wildman–Crippen MR) is 99.1 cm³/mol. The molecule has 0 bridgehead atoms. The van der Waals surface area contributed by atoms with Gasteiger partial charge in [0.15, 0.2) is 0 Å². The largest absolute Gasteiger partial charge is 0.550 e. The van der Waals surface area contributed by atoms with E-state index in [4.69, 9.17) is 0 Å². The molecule has 1 aliphatic heterocycles. The first-order chi connectivity index (χ1) is 12.6. The van der Waals surface area contributed by atoms with Crippen molar-refractivity contribution in [2.75, 3.05) is 18.8 Å². The summed E-state index contributed by atoms with van der Waals surface area (Å²) in [7, 11) is 0. The number of thiophene rings is 1. The van der Waals surface area contributed by atoms with Gasteiger partial charge in [-0.05, 0) is 44.1 Å². The summed E-state index contributed by atoms with van der Waals surface area (Å²) in [6.45, 7) is 0.982. The number of carbonyl (C=O) groups is 2. The van der Waals surface area contributed by atoms with Gasteiger partial charge in [0.25, 0.3) is 0 Å². The number of hydrogen-bond donors (Lipinski definition) is 0. The highest BCUT2D eigenvalue weighted by Gasteiger charge is 2.24. The molecule has 1 amide bonds. The lowest BCUT2D eigenvalue weighted by Crippen LogP contribution is -2.44. The zero-order valence-electron chi connectivity index (χ0n) is 14.4. The number of likely N-dealkylation sites (tertiary alicyclic amines) is 1. The molecule has 2 aromatic heterocycles. The molecule has 0 aromatic carbocycles. The van der Waals surface area contributed by atoms with Gasteiger partial charge in [0.1, 0.15) is 16.2 Å². The van der Waals surface area contributed by atoms with Crippen LogP contribution in [0, 0.1) is 5.92 Å². The summed E-state index contributed by atoms with van der Waals surface area (Å²) >= 11 is 3.23. The van der Waals surface area contributed by atoms with Crippen molar-refractivity contribution in [1.29, 1.82) is 0 Å². The zero-order valence-corrected chi connectivity index (χ0v) is 16.0. The Labute approximate surface area is 160 Å². The molecule has 3 heterocycles. The first-order valence-electron chi connectivity index (χ1n) is 9.00. The van der Waals surface area contributed by atoms with Crippen LogP contribution in [0.1, 0.15) is 36.1 Å². The summed E-state index contributed by atoms with van der Waals surface area (Å²) in [5.41, 5.74) is 1.38. The number of thioether (sulfide) groups is 1. The number of fused-ring (bicyclic) bond motifs is 3. The van der Waals surface area contributed by atoms with Gasteiger partial charge >= 0.3 is 0 Å². The highest BCUT2D eigenvalue weighted by molar-refractivity contribution is 8.00. The molecule has 0 saturated carbocycles. The van der Waals surface area contributed by atoms with Crippen LogP contribution in [0.15, 0.2) is 11.4 Å². The molecule has 0 unspecified atom stereocenters. The van der Waals surface area contributed by atoms with Crippen LogP contribution in [0.5, 0.6) is 0 Å². The number of carboxylic acids is 1. The second kappa shape index (κ2) is 7.52. The van der Waals surface area contributed by atoms with Gasteiger partial charge in [-0.3, -0.25) is 4.79 Å². The van der Waals surface area contributed by atoms with Gasteiger partial charge in [-0.1, -0.05) is 11.8 Å². The maximum absolute atomic E-state index is 12.5. The SMILES string of the molecule is O=C([O-])C1CCN(C(=O)CSc2ncnc3sc4c(c23)CCCC4)CC1. The highest BCUT2D eigenvalue weighted by atomic mass is 32.2. The van der Waals surface area contributed by atoms with Crippen molar-refractivity contribution in [3.05, 3.63) is 16.8 Å². The normalized spacial score (nSPS) is 18.1. The van der Waals surface area contributed by atoms with E-state index in [1.54, 1.807) is 22.6 Å². The molecule has 2 aliphatic rings. The van der Waals surface area contributed by atoms with Crippen molar-refractivity contribution in [2.24, 2.45) is 5.92 Å². The summed E-state index contributed by atoms with van der Waals surface area (Å²) in [5.74, 6) is -1.06. The van der Waals surface area contributed by atoms with Gasteiger partial charge in [0.05, 0.1) is 5.75 Å². The number of piperidine rings is 1. The van der Waals surface area contributed by atoms with Crippen molar-refractivity contribution in [3.63, 3.8) is 0 Å². The van der Waals surface area contributed by atoms with Crippen molar-refractivity contribution in [2.45, 2.75) is 43.6 Å². The summed E-state index contributed by atoms with van der Waals surface area (Å²) in [6, 6.07) is 0. The maximum atomic E-state index is 12.5. The van der Waals surface area contributed by atoms with Crippen LogP contribution in [0.3, 0.4) is 0 Å². The van der Waals surface area contributed by atoms with Crippen LogP contribution in [0.4, 0.5) is 0 Å². The quantitative estimate of drug-likeness (QED) is 0.583. The molecule has 6 nitrogen and oxygen atoms in total. The van der Waals surface area contributed by atoms with Crippen LogP contribution in [0.2, 0.25) is 0 Å². The Morgan fingerprint density at radius 3 is 2.77 bits per heavy atom. The standard InChI is InChI=1S/C18H21N3O3S2/c22-14(21-7-5-11(6-8-21)18(23)24)9-25-16-15-12-3-1-2-4-13(12)26-17(15)20-10-19-16/h10-11H,1-9H2,(H,23,24)/p-1. The topological polar surface area (TPSA) is 86.2 Å². The highest BCUT2D eigenvalue weighted by Crippen LogP contribution is 2.39. The molecule has 138 valence electrons. The van der Waals surface area contributed by atoms with E-state index in [1.165, 1.54) is 35.0 Å². The van der Waals surface area contributed by atoms with Gasteiger partial charge in [-0.2, -0.15) is 0 Å². The van der Waals surface area contributed by atoms with Crippen LogP contribution >= 0.6 is 23.1 Å². The number of carbonyl (C=O) groups excluding carboxylic acids is 2. The first-order valence-corrected chi connectivity index (χ1v) is 10.8. The molecule has 1 aliphatic carbocycles. The van der Waals surface area contributed by atoms with Gasteiger partial charge in [0, 0.05) is 35.2 Å². The van der Waals surface area contributed by atoms with Crippen molar-refractivity contribution < 1.29 is 14.7 Å². The Balaban J connectivity index is 1.44. The monoisotopic (exact) mass is 390 g/mol. The lowest BCUT2D eigenvalue weighted by molar-refractivity contribution is -0.312. The van der Waals surface area contributed by atoms with E-state index in [0.29, 0.717) is 31.7 Å². The van der Waals surface area contributed by atoms with Crippen LogP contribution in [-0.2, 0) is 22.4 Å². The summed E-state index contributed by atoms with van der Waals surface area (Å²) < 4.78 is 0. The lowest BCUT2D eigenvalue weighted by atomic mass is 9.97. The van der Waals surface area contributed by atoms with Crippen molar-refractivity contribution in [3.8, 4) is 0 Å². The summed E-state index contributed by atoms with van der Waals surface area (Å²) in [4.78, 5) is 36.5. The van der Waals surface area contributed by atoms with Gasteiger partial charge in [0.2, 0.25) is 5.91 Å². The van der Waals surface area contributed by atoms with Gasteiger partial charge in [-0.15, -0.1) is 11.3 Å². The number of amides is 1. The fourth-order valence-electron chi connectivity index (χ4n) is 3.76. The number of carboxylic acid groups (broad SMARTS) is 1. The van der Waals surface area contributed by atoms with E-state index in [-0.39, 0.29) is 5.91 Å². The molecule has 0 spiro atoms. The summed E-state index contributed by atoms with van der Waals surface area (Å²) in [5, 5.41) is 13.0. The molecule has 2 aromatic rings. The molecule has 0 radical (unpaired) electrons. The fraction of sp³-hybridized carbons (Fsp3) is 0.556. The minimum Gasteiger partial charge on any atom is -0.550 e. The number of hydrogen-bond acceptors (Lipinski definition) is 7. The Morgan fingerprint density at radius 1 is 1.23 bits per heavy atom. The minimum atomic E-state index is -1.00. The predicted octanol–water partition coefficient (Wildman–Crippen LogP) is 1.65. The average molecular weight is 391 g/mol. The molecule has 0 atom stereocenters. The third kappa shape index (κ3) is 3.44. The maximum Gasteiger partial charge on any atom is 0.232 e. The van der Waals surface area contributed by atoms with Gasteiger partial charge < -0.3 is 14.8 Å². The first kappa shape index (κ1) is 17.7. The Kier molecular flexibility index (Phi) is 5.13. The average Bonchev–Trinajstić information content (AvgIpc) is 3.05. The van der Waals surface area contributed by atoms with Crippen LogP contribution in [0.25, 0.3) is 10.2 Å². The summed E-state index contributed by atoms with van der Waals surface area (Å²) in [6.07, 6.45) is 7.17. The lowest BCUT2D eigenvalue weighted by Gasteiger charge is -2.32. The fourth-order valence-corrected chi connectivity index (χ4v) is 5.98. The number of aromatic nitrogens is 2. The second-order valence-corrected chi connectivity index (χ2v) is 8.88. The number of rotatable bonds is 4. The molecule has 26 heavy (non-hydrogen) atoms. The number of aryl methyl sites for hydroxylation is 2. The minimum absolute atomic E-state index is 0.0441. The van der Waals surface area contributed by atoms with E-state index < -0.39 is 11.9 Å². The van der Waals surface area contributed by atoms with E-state index in [2.05, 4.69) is 9.97 Å². The van der Waals surface area contributed by atoms with E-state index >= 15 is 0 Å². The van der Waals surface area contributed by atoms with Crippen molar-refractivity contribution >= 4 is 45.2 Å². The molecular weight excluding hydrogens is 370 g/mol. The zero-order chi connectivity index (χ0) is 18.1. The molecular formula is C18H20N3O3S2-.